The van der Waals surface area contributed by atoms with Gasteiger partial charge < -0.3 is 16.0 Å². The number of aryl methyl sites for hydroxylation is 1. The molecule has 0 bridgehead atoms. The third kappa shape index (κ3) is 11.3. The number of hydrogen-bond donors (Lipinski definition) is 0. The predicted octanol–water partition coefficient (Wildman–Crippen LogP) is 3.03. The molecular formula is C9H12Cl2N3ORuS2-. The van der Waals surface area contributed by atoms with E-state index in [1.54, 1.807) is 6.21 Å². The Hall–Kier alpha value is 0.223. The number of thiol groups is 1. The van der Waals surface area contributed by atoms with Crippen LogP contribution in [-0.4, -0.2) is 27.3 Å². The summed E-state index contributed by atoms with van der Waals surface area (Å²) in [5.41, 5.74) is 5.61. The fourth-order valence-corrected chi connectivity index (χ4v) is 0.995. The summed E-state index contributed by atoms with van der Waals surface area (Å²) in [4.78, 5) is 4.25. The first kappa shape index (κ1) is 20.5. The molecule has 0 radical (unpaired) electrons. The zero-order valence-corrected chi connectivity index (χ0v) is 14.5. The molecular weight excluding hydrogens is 402 g/mol. The molecule has 1 heterocycles. The Bertz CT molecular complexity index is 383. The largest absolute Gasteiger partial charge is 0.870 e. The number of nitrogens with zero attached hydrogens (tertiary/aromatic N) is 3. The van der Waals surface area contributed by atoms with E-state index in [2.05, 4.69) is 27.7 Å². The number of pyridine rings is 1. The van der Waals surface area contributed by atoms with Crippen LogP contribution in [0.5, 0.6) is 0 Å². The predicted molar refractivity (Wildman–Crippen MR) is 80.9 cm³/mol. The molecule has 4 nitrogen and oxygen atoms in total. The molecule has 0 spiro atoms. The van der Waals surface area contributed by atoms with Gasteiger partial charge in [-0.15, -0.1) is 0 Å². The van der Waals surface area contributed by atoms with E-state index in [0.717, 1.165) is 11.4 Å². The molecule has 0 fully saturated rings. The maximum atomic E-state index is 4.85. The molecule has 1 N–H and O–H groups in total. The van der Waals surface area contributed by atoms with Crippen molar-refractivity contribution >= 4 is 53.9 Å². The van der Waals surface area contributed by atoms with E-state index in [-0.39, 0.29) is 20.6 Å². The van der Waals surface area contributed by atoms with Crippen LogP contribution in [0.2, 0.25) is 0 Å². The van der Waals surface area contributed by atoms with Crippen molar-refractivity contribution < 1.29 is 20.6 Å². The van der Waals surface area contributed by atoms with Gasteiger partial charge in [0.1, 0.15) is 0 Å². The average molecular weight is 414 g/mol. The Morgan fingerprint density at radius 1 is 1.56 bits per heavy atom. The van der Waals surface area contributed by atoms with Crippen LogP contribution in [0.1, 0.15) is 11.4 Å². The molecule has 0 aliphatic heterocycles. The fourth-order valence-electron chi connectivity index (χ4n) is 0.814. The first-order chi connectivity index (χ1) is 8.13. The molecule has 104 valence electrons. The van der Waals surface area contributed by atoms with E-state index in [4.69, 9.17) is 19.4 Å². The third-order valence-corrected chi connectivity index (χ3v) is 2.51. The molecule has 0 aromatic carbocycles. The normalized spacial score (nSPS) is 9.33. The molecule has 0 amide bonds. The second-order valence-corrected chi connectivity index (χ2v) is 6.75. The number of aromatic nitrogens is 1. The van der Waals surface area contributed by atoms with Gasteiger partial charge >= 0.3 is 34.5 Å². The van der Waals surface area contributed by atoms with Crippen LogP contribution < -0.4 is 0 Å². The minimum Gasteiger partial charge on any atom is -0.870 e. The van der Waals surface area contributed by atoms with Crippen LogP contribution in [0.15, 0.2) is 23.3 Å². The summed E-state index contributed by atoms with van der Waals surface area (Å²) in [6.07, 6.45) is 3.51. The molecule has 9 heteroatoms. The van der Waals surface area contributed by atoms with Gasteiger partial charge in [0.25, 0.3) is 0 Å². The van der Waals surface area contributed by atoms with Crippen LogP contribution in [0.3, 0.4) is 0 Å². The number of halogens is 2. The molecule has 0 aliphatic carbocycles. The summed E-state index contributed by atoms with van der Waals surface area (Å²) in [6.45, 7) is 1.94. The topological polar surface area (TPSA) is 69.3 Å². The average Bonchev–Trinajstić information content (AvgIpc) is 2.30. The summed E-state index contributed by atoms with van der Waals surface area (Å²) >= 11 is 5.17. The van der Waals surface area contributed by atoms with Crippen molar-refractivity contribution in [2.45, 2.75) is 6.92 Å². The van der Waals surface area contributed by atoms with E-state index in [1.165, 1.54) is 11.8 Å². The van der Waals surface area contributed by atoms with Crippen molar-refractivity contribution in [1.29, 1.82) is 0 Å². The van der Waals surface area contributed by atoms with E-state index in [0.29, 0.717) is 4.32 Å². The van der Waals surface area contributed by atoms with Gasteiger partial charge in [-0.05, 0) is 25.3 Å². The molecule has 1 aromatic rings. The minimum atomic E-state index is -0.346. The van der Waals surface area contributed by atoms with Crippen LogP contribution in [0, 0.1) is 6.92 Å². The maximum absolute atomic E-state index is 4.85. The summed E-state index contributed by atoms with van der Waals surface area (Å²) in [7, 11) is 9.71. The molecule has 0 aliphatic rings. The van der Waals surface area contributed by atoms with Crippen molar-refractivity contribution in [2.75, 3.05) is 6.26 Å². The Kier molecular flexibility index (Phi) is 15.6. The number of hydrogen-bond acceptors (Lipinski definition) is 4. The van der Waals surface area contributed by atoms with Crippen molar-refractivity contribution in [2.24, 2.45) is 5.10 Å². The second-order valence-electron chi connectivity index (χ2n) is 2.59. The molecule has 1 rings (SSSR count). The second kappa shape index (κ2) is 13.7. The van der Waals surface area contributed by atoms with Gasteiger partial charge in [-0.25, -0.2) is 0 Å². The Labute approximate surface area is 132 Å². The SMILES string of the molecule is CSC(=[SH+])[N-]N=Cc1cccc(C)n1.[Cl][Ru][Cl].[OH-]. The maximum Gasteiger partial charge on any atom is -0.870 e. The van der Waals surface area contributed by atoms with E-state index in [9.17, 15) is 0 Å². The van der Waals surface area contributed by atoms with E-state index < -0.39 is 0 Å². The summed E-state index contributed by atoms with van der Waals surface area (Å²) in [6, 6.07) is 5.75. The first-order valence-electron chi connectivity index (χ1n) is 4.26. The summed E-state index contributed by atoms with van der Waals surface area (Å²) in [5.74, 6) is 0. The monoisotopic (exact) mass is 414 g/mol. The van der Waals surface area contributed by atoms with Gasteiger partial charge in [-0.3, -0.25) is 4.98 Å². The Balaban J connectivity index is 0. The minimum absolute atomic E-state index is 0. The molecule has 1 aromatic heterocycles. The van der Waals surface area contributed by atoms with E-state index >= 15 is 0 Å². The molecule has 18 heavy (non-hydrogen) atoms. The van der Waals surface area contributed by atoms with Gasteiger partial charge in [0.2, 0.25) is 0 Å². The van der Waals surface area contributed by atoms with Crippen molar-refractivity contribution in [3.8, 4) is 0 Å². The molecule has 0 saturated carbocycles. The Morgan fingerprint density at radius 3 is 2.67 bits per heavy atom. The van der Waals surface area contributed by atoms with Crippen molar-refractivity contribution in [1.82, 2.24) is 4.98 Å². The molecule has 0 atom stereocenters. The zero-order chi connectivity index (χ0) is 13.1. The van der Waals surface area contributed by atoms with Gasteiger partial charge in [-0.1, -0.05) is 17.8 Å². The van der Waals surface area contributed by atoms with Gasteiger partial charge in [0.15, 0.2) is 16.5 Å². The number of rotatable bonds is 2. The van der Waals surface area contributed by atoms with Crippen LogP contribution in [0.25, 0.3) is 5.43 Å². The summed E-state index contributed by atoms with van der Waals surface area (Å²) in [5, 5.41) is 3.86. The standard InChI is InChI=1S/C9H11N3S2.2ClH.H2O.Ru/c1-7-4-3-5-8(11-7)6-10-12-9(13)14-2;;;;/h3-6H,1-2H3,(H,11,12,13);2*1H;1H2;/q;;;;+2/p-3. The van der Waals surface area contributed by atoms with Crippen molar-refractivity contribution in [3.63, 3.8) is 0 Å². The number of thioether (sulfide) groups is 1. The first-order valence-corrected chi connectivity index (χ1v) is 10.4. The van der Waals surface area contributed by atoms with Gasteiger partial charge in [0.05, 0.1) is 5.69 Å². The summed E-state index contributed by atoms with van der Waals surface area (Å²) < 4.78 is 0.633. The Morgan fingerprint density at radius 2 is 2.17 bits per heavy atom. The smallest absolute Gasteiger partial charge is 0.870 e. The van der Waals surface area contributed by atoms with Crippen LogP contribution in [0.4, 0.5) is 0 Å². The third-order valence-electron chi connectivity index (χ3n) is 1.43. The fraction of sp³-hybridized carbons (Fsp3) is 0.222. The van der Waals surface area contributed by atoms with Gasteiger partial charge in [-0.2, -0.15) is 0 Å². The van der Waals surface area contributed by atoms with Crippen LogP contribution in [-0.2, 0) is 27.4 Å². The van der Waals surface area contributed by atoms with Gasteiger partial charge in [0, 0.05) is 11.9 Å². The van der Waals surface area contributed by atoms with E-state index in [1.807, 2.05) is 31.4 Å². The van der Waals surface area contributed by atoms with Crippen LogP contribution >= 0.6 is 31.1 Å². The molecule has 0 saturated heterocycles. The van der Waals surface area contributed by atoms with Crippen molar-refractivity contribution in [3.05, 3.63) is 35.0 Å². The quantitative estimate of drug-likeness (QED) is 0.187. The zero-order valence-electron chi connectivity index (χ0n) is 9.56. The molecule has 0 unspecified atom stereocenters.